The summed E-state index contributed by atoms with van der Waals surface area (Å²) < 4.78 is 18.2. The number of hydrogen-bond donors (Lipinski definition) is 1. The molecule has 6 aromatic rings. The van der Waals surface area contributed by atoms with E-state index in [1.165, 1.54) is 10.8 Å². The lowest BCUT2D eigenvalue weighted by atomic mass is 10.1. The van der Waals surface area contributed by atoms with Crippen molar-refractivity contribution in [1.29, 1.82) is 0 Å². The van der Waals surface area contributed by atoms with E-state index in [0.717, 1.165) is 28.0 Å². The molecule has 0 bridgehead atoms. The topological polar surface area (TPSA) is 104 Å². The quantitative estimate of drug-likeness (QED) is 0.171. The van der Waals surface area contributed by atoms with Gasteiger partial charge in [-0.15, -0.1) is 0 Å². The first-order valence-electron chi connectivity index (χ1n) is 13.6. The van der Waals surface area contributed by atoms with Crippen LogP contribution in [0.1, 0.15) is 44.7 Å². The van der Waals surface area contributed by atoms with Crippen molar-refractivity contribution in [2.24, 2.45) is 0 Å². The third-order valence-electron chi connectivity index (χ3n) is 6.51. The summed E-state index contributed by atoms with van der Waals surface area (Å²) in [6, 6.07) is 27.2. The fourth-order valence-corrected chi connectivity index (χ4v) is 5.22. The zero-order valence-corrected chi connectivity index (χ0v) is 23.8. The summed E-state index contributed by atoms with van der Waals surface area (Å²) in [5, 5.41) is 10.8. The zero-order chi connectivity index (χ0) is 29.4. The SMILES string of the molecule is O=c1sc(Cc2ccc(OCc3coc(C=Cc4ccccc4)n3)cc2)c(O)n1Cc1coc(C=Cc2ccccc2)n1. The average molecular weight is 590 g/mol. The molecule has 9 heteroatoms. The van der Waals surface area contributed by atoms with Crippen LogP contribution in [-0.2, 0) is 19.6 Å². The minimum absolute atomic E-state index is 0.0668. The molecule has 43 heavy (non-hydrogen) atoms. The van der Waals surface area contributed by atoms with Crippen molar-refractivity contribution in [3.8, 4) is 11.6 Å². The molecule has 1 N–H and O–H groups in total. The molecular formula is C34H27N3O5S. The Morgan fingerprint density at radius 3 is 1.98 bits per heavy atom. The lowest BCUT2D eigenvalue weighted by Gasteiger charge is -2.06. The van der Waals surface area contributed by atoms with E-state index >= 15 is 0 Å². The number of benzene rings is 3. The molecule has 0 saturated heterocycles. The number of aromatic nitrogens is 3. The number of aromatic hydroxyl groups is 1. The van der Waals surface area contributed by atoms with E-state index in [9.17, 15) is 9.90 Å². The van der Waals surface area contributed by atoms with Gasteiger partial charge < -0.3 is 18.7 Å². The minimum atomic E-state index is -0.262. The molecule has 0 aliphatic heterocycles. The van der Waals surface area contributed by atoms with Gasteiger partial charge in [0.2, 0.25) is 17.7 Å². The van der Waals surface area contributed by atoms with Crippen LogP contribution in [0.3, 0.4) is 0 Å². The van der Waals surface area contributed by atoms with Crippen molar-refractivity contribution in [1.82, 2.24) is 14.5 Å². The number of hydrogen-bond acceptors (Lipinski definition) is 8. The van der Waals surface area contributed by atoms with Gasteiger partial charge in [0, 0.05) is 18.6 Å². The maximum absolute atomic E-state index is 12.7. The molecule has 0 radical (unpaired) electrons. The zero-order valence-electron chi connectivity index (χ0n) is 23.0. The standard InChI is InChI=1S/C34H27N3O5S/c38-33-30(43-34(39)37(33)20-27-21-41-31(35-27)17-13-24-7-3-1-4-8-24)19-26-11-15-29(16-12-26)40-22-28-23-42-32(36-28)18-14-25-9-5-2-6-10-25/h1-18,21,23,38H,19-20,22H2. The molecule has 3 aromatic carbocycles. The van der Waals surface area contributed by atoms with Crippen LogP contribution in [0, 0.1) is 0 Å². The molecule has 0 aliphatic rings. The number of ether oxygens (including phenoxy) is 1. The van der Waals surface area contributed by atoms with E-state index in [-0.39, 0.29) is 23.9 Å². The molecule has 8 nitrogen and oxygen atoms in total. The minimum Gasteiger partial charge on any atom is -0.494 e. The number of thiazole rings is 1. The molecule has 0 saturated carbocycles. The largest absolute Gasteiger partial charge is 0.494 e. The first-order valence-corrected chi connectivity index (χ1v) is 14.4. The molecule has 0 fully saturated rings. The second-order valence-corrected chi connectivity index (χ2v) is 10.7. The average Bonchev–Trinajstić information content (AvgIpc) is 3.76. The predicted octanol–water partition coefficient (Wildman–Crippen LogP) is 7.15. The second-order valence-electron chi connectivity index (χ2n) is 9.65. The number of oxazole rings is 2. The summed E-state index contributed by atoms with van der Waals surface area (Å²) >= 11 is 1.02. The molecule has 0 amide bonds. The molecular weight excluding hydrogens is 562 g/mol. The van der Waals surface area contributed by atoms with Crippen molar-refractivity contribution in [2.75, 3.05) is 0 Å². The summed E-state index contributed by atoms with van der Waals surface area (Å²) in [6.45, 7) is 0.377. The normalized spacial score (nSPS) is 11.5. The van der Waals surface area contributed by atoms with Gasteiger partial charge in [-0.2, -0.15) is 0 Å². The summed E-state index contributed by atoms with van der Waals surface area (Å²) in [5.74, 6) is 1.54. The van der Waals surface area contributed by atoms with Crippen molar-refractivity contribution >= 4 is 35.6 Å². The van der Waals surface area contributed by atoms with Crippen LogP contribution < -0.4 is 9.61 Å². The highest BCUT2D eigenvalue weighted by atomic mass is 32.1. The van der Waals surface area contributed by atoms with E-state index in [1.807, 2.05) is 103 Å². The van der Waals surface area contributed by atoms with Crippen LogP contribution in [0.25, 0.3) is 24.3 Å². The Morgan fingerprint density at radius 2 is 1.35 bits per heavy atom. The van der Waals surface area contributed by atoms with Crippen molar-refractivity contribution in [3.05, 3.63) is 152 Å². The third-order valence-corrected chi connectivity index (χ3v) is 7.47. The van der Waals surface area contributed by atoms with Gasteiger partial charge in [0.05, 0.1) is 17.1 Å². The van der Waals surface area contributed by atoms with Gasteiger partial charge in [-0.3, -0.25) is 9.36 Å². The Balaban J connectivity index is 1.03. The molecule has 0 atom stereocenters. The maximum Gasteiger partial charge on any atom is 0.310 e. The van der Waals surface area contributed by atoms with Crippen LogP contribution in [0.5, 0.6) is 11.6 Å². The van der Waals surface area contributed by atoms with Crippen molar-refractivity contribution < 1.29 is 18.7 Å². The molecule has 3 aromatic heterocycles. The van der Waals surface area contributed by atoms with Crippen LogP contribution in [0.2, 0.25) is 0 Å². The molecule has 3 heterocycles. The summed E-state index contributed by atoms with van der Waals surface area (Å²) in [6.07, 6.45) is 10.9. The van der Waals surface area contributed by atoms with Crippen LogP contribution in [0.15, 0.2) is 111 Å². The van der Waals surface area contributed by atoms with Crippen molar-refractivity contribution in [2.45, 2.75) is 19.6 Å². The maximum atomic E-state index is 12.7. The second kappa shape index (κ2) is 13.1. The first-order chi connectivity index (χ1) is 21.1. The Kier molecular flexibility index (Phi) is 8.42. The van der Waals surface area contributed by atoms with E-state index in [4.69, 9.17) is 13.6 Å². The van der Waals surface area contributed by atoms with Gasteiger partial charge in [-0.25, -0.2) is 9.97 Å². The summed E-state index contributed by atoms with van der Waals surface area (Å²) in [4.78, 5) is 21.8. The van der Waals surface area contributed by atoms with Gasteiger partial charge in [0.15, 0.2) is 0 Å². The highest BCUT2D eigenvalue weighted by Gasteiger charge is 2.16. The van der Waals surface area contributed by atoms with E-state index in [2.05, 4.69) is 9.97 Å². The summed E-state index contributed by atoms with van der Waals surface area (Å²) in [7, 11) is 0. The Labute approximate surface area is 251 Å². The molecule has 6 rings (SSSR count). The molecule has 0 unspecified atom stereocenters. The highest BCUT2D eigenvalue weighted by molar-refractivity contribution is 7.09. The number of nitrogens with zero attached hydrogens (tertiary/aromatic N) is 3. The van der Waals surface area contributed by atoms with Crippen LogP contribution in [0.4, 0.5) is 0 Å². The van der Waals surface area contributed by atoms with Crippen LogP contribution in [-0.4, -0.2) is 19.6 Å². The Bertz CT molecular complexity index is 1900. The van der Waals surface area contributed by atoms with Crippen LogP contribution >= 0.6 is 11.3 Å². The van der Waals surface area contributed by atoms with Gasteiger partial charge in [-0.1, -0.05) is 84.1 Å². The lowest BCUT2D eigenvalue weighted by molar-refractivity contribution is 0.301. The van der Waals surface area contributed by atoms with Gasteiger partial charge >= 0.3 is 4.87 Å². The fraction of sp³-hybridized carbons (Fsp3) is 0.0882. The molecule has 0 spiro atoms. The number of rotatable bonds is 11. The monoisotopic (exact) mass is 589 g/mol. The summed E-state index contributed by atoms with van der Waals surface area (Å²) in [5.41, 5.74) is 4.24. The van der Waals surface area contributed by atoms with Crippen molar-refractivity contribution in [3.63, 3.8) is 0 Å². The lowest BCUT2D eigenvalue weighted by Crippen LogP contribution is -2.13. The first kappa shape index (κ1) is 27.7. The van der Waals surface area contributed by atoms with Gasteiger partial charge in [0.25, 0.3) is 0 Å². The Hall–Kier alpha value is -5.41. The van der Waals surface area contributed by atoms with Gasteiger partial charge in [0.1, 0.15) is 30.6 Å². The van der Waals surface area contributed by atoms with E-state index in [0.29, 0.717) is 40.2 Å². The molecule has 0 aliphatic carbocycles. The van der Waals surface area contributed by atoms with Gasteiger partial charge in [-0.05, 0) is 41.0 Å². The Morgan fingerprint density at radius 1 is 0.767 bits per heavy atom. The fourth-order valence-electron chi connectivity index (χ4n) is 4.31. The predicted molar refractivity (Wildman–Crippen MR) is 167 cm³/mol. The smallest absolute Gasteiger partial charge is 0.310 e. The third kappa shape index (κ3) is 7.27. The van der Waals surface area contributed by atoms with E-state index < -0.39 is 0 Å². The molecule has 214 valence electrons. The van der Waals surface area contributed by atoms with E-state index in [1.54, 1.807) is 12.3 Å². The highest BCUT2D eigenvalue weighted by Crippen LogP contribution is 2.25.